The summed E-state index contributed by atoms with van der Waals surface area (Å²) < 4.78 is 11.3. The van der Waals surface area contributed by atoms with Gasteiger partial charge in [-0.1, -0.05) is 232 Å². The first-order chi connectivity index (χ1) is 29.8. The van der Waals surface area contributed by atoms with E-state index in [1.54, 1.807) is 0 Å². The Morgan fingerprint density at radius 2 is 0.852 bits per heavy atom. The summed E-state index contributed by atoms with van der Waals surface area (Å²) in [5.74, 6) is -0.207. The summed E-state index contributed by atoms with van der Waals surface area (Å²) in [5, 5.41) is 65.2. The zero-order valence-corrected chi connectivity index (χ0v) is 39.8. The van der Waals surface area contributed by atoms with Gasteiger partial charge in [0.05, 0.1) is 32.0 Å². The lowest BCUT2D eigenvalue weighted by molar-refractivity contribution is -0.239. The van der Waals surface area contributed by atoms with Crippen molar-refractivity contribution in [3.63, 3.8) is 0 Å². The second kappa shape index (κ2) is 41.8. The number of aliphatic hydroxyl groups is 6. The second-order valence-electron chi connectivity index (χ2n) is 18.8. The van der Waals surface area contributed by atoms with Crippen molar-refractivity contribution < 1.29 is 44.9 Å². The van der Waals surface area contributed by atoms with E-state index in [0.29, 0.717) is 12.8 Å². The number of hydrogen-bond acceptors (Lipinski definition) is 9. The molecule has 0 radical (unpaired) electrons. The highest BCUT2D eigenvalue weighted by Gasteiger charge is 2.43. The Morgan fingerprint density at radius 1 is 0.508 bits per heavy atom. The molecule has 0 bridgehead atoms. The molecule has 1 aliphatic heterocycles. The summed E-state index contributed by atoms with van der Waals surface area (Å²) in [6.45, 7) is 3.65. The van der Waals surface area contributed by atoms with Gasteiger partial charge in [-0.2, -0.15) is 0 Å². The van der Waals surface area contributed by atoms with Crippen LogP contribution < -0.4 is 5.32 Å². The fourth-order valence-electron chi connectivity index (χ4n) is 8.84. The van der Waals surface area contributed by atoms with Crippen LogP contribution in [0.3, 0.4) is 0 Å². The molecule has 1 heterocycles. The molecular formula is C51H101NO9. The molecular weight excluding hydrogens is 771 g/mol. The molecule has 0 aromatic heterocycles. The summed E-state index contributed by atoms with van der Waals surface area (Å²) in [6.07, 6.45) is 36.7. The van der Waals surface area contributed by atoms with E-state index in [9.17, 15) is 35.4 Å². The minimum Gasteiger partial charge on any atom is -0.394 e. The van der Waals surface area contributed by atoms with Gasteiger partial charge in [-0.05, 0) is 12.8 Å². The van der Waals surface area contributed by atoms with E-state index in [-0.39, 0.29) is 19.1 Å². The molecule has 1 aliphatic rings. The van der Waals surface area contributed by atoms with Gasteiger partial charge in [0.1, 0.15) is 36.6 Å². The van der Waals surface area contributed by atoms with Crippen LogP contribution in [0.5, 0.6) is 0 Å². The molecule has 6 unspecified atom stereocenters. The van der Waals surface area contributed by atoms with Gasteiger partial charge in [0.2, 0.25) is 5.91 Å². The van der Waals surface area contributed by atoms with Crippen LogP contribution in [0.1, 0.15) is 251 Å². The second-order valence-corrected chi connectivity index (χ2v) is 18.8. The highest BCUT2D eigenvalue weighted by Crippen LogP contribution is 2.22. The maximum Gasteiger partial charge on any atom is 0.220 e. The Morgan fingerprint density at radius 3 is 1.23 bits per heavy atom. The molecule has 0 saturated carbocycles. The number of aliphatic hydroxyl groups excluding tert-OH is 6. The predicted molar refractivity (Wildman–Crippen MR) is 251 cm³/mol. The molecule has 364 valence electrons. The van der Waals surface area contributed by atoms with Crippen molar-refractivity contribution in [3.8, 4) is 0 Å². The van der Waals surface area contributed by atoms with E-state index in [2.05, 4.69) is 19.2 Å². The monoisotopic (exact) mass is 872 g/mol. The summed E-state index contributed by atoms with van der Waals surface area (Å²) >= 11 is 0. The third-order valence-electron chi connectivity index (χ3n) is 13.1. The molecule has 10 nitrogen and oxygen atoms in total. The molecule has 0 aliphatic carbocycles. The van der Waals surface area contributed by atoms with Crippen molar-refractivity contribution in [1.29, 1.82) is 0 Å². The van der Waals surface area contributed by atoms with Crippen LogP contribution in [-0.4, -0.2) is 105 Å². The largest absolute Gasteiger partial charge is 0.394 e. The summed E-state index contributed by atoms with van der Waals surface area (Å²) in [4.78, 5) is 13.0. The SMILES string of the molecule is CCCCCCCCCCCCCCCCCCCCCCCCCC(=O)N[C@@H](COCC1OC(CO)C(O)C(O)C1O)C(O)[C@H](O)CCCCCCCCCCCCCC. The van der Waals surface area contributed by atoms with Gasteiger partial charge in [0, 0.05) is 6.42 Å². The number of amides is 1. The van der Waals surface area contributed by atoms with Crippen LogP contribution in [0.2, 0.25) is 0 Å². The van der Waals surface area contributed by atoms with Gasteiger partial charge in [-0.3, -0.25) is 4.79 Å². The summed E-state index contributed by atoms with van der Waals surface area (Å²) in [5.41, 5.74) is 0. The van der Waals surface area contributed by atoms with E-state index < -0.39 is 55.4 Å². The first-order valence-corrected chi connectivity index (χ1v) is 26.3. The minimum absolute atomic E-state index is 0.142. The Hall–Kier alpha value is -0.850. The highest BCUT2D eigenvalue weighted by molar-refractivity contribution is 5.76. The summed E-state index contributed by atoms with van der Waals surface area (Å²) in [6, 6.07) is -0.880. The van der Waals surface area contributed by atoms with E-state index in [4.69, 9.17) is 9.47 Å². The van der Waals surface area contributed by atoms with E-state index in [1.165, 1.54) is 186 Å². The van der Waals surface area contributed by atoms with Crippen molar-refractivity contribution >= 4 is 5.91 Å². The molecule has 7 N–H and O–H groups in total. The third kappa shape index (κ3) is 31.6. The van der Waals surface area contributed by atoms with E-state index >= 15 is 0 Å². The van der Waals surface area contributed by atoms with Gasteiger partial charge < -0.3 is 45.4 Å². The van der Waals surface area contributed by atoms with Crippen molar-refractivity contribution in [3.05, 3.63) is 0 Å². The molecule has 1 saturated heterocycles. The van der Waals surface area contributed by atoms with Gasteiger partial charge >= 0.3 is 0 Å². The average Bonchev–Trinajstić information content (AvgIpc) is 3.26. The van der Waals surface area contributed by atoms with Crippen LogP contribution >= 0.6 is 0 Å². The van der Waals surface area contributed by atoms with Gasteiger partial charge in [0.25, 0.3) is 0 Å². The van der Waals surface area contributed by atoms with Crippen molar-refractivity contribution in [2.75, 3.05) is 19.8 Å². The zero-order chi connectivity index (χ0) is 44.6. The predicted octanol–water partition coefficient (Wildman–Crippen LogP) is 10.5. The van der Waals surface area contributed by atoms with Crippen molar-refractivity contribution in [2.45, 2.75) is 300 Å². The number of hydrogen-bond donors (Lipinski definition) is 7. The Kier molecular flexibility index (Phi) is 39.9. The maximum absolute atomic E-state index is 13.0. The van der Waals surface area contributed by atoms with Crippen LogP contribution in [0.4, 0.5) is 0 Å². The molecule has 0 aromatic rings. The molecule has 61 heavy (non-hydrogen) atoms. The summed E-state index contributed by atoms with van der Waals surface area (Å²) in [7, 11) is 0. The molecule has 1 rings (SSSR count). The topological polar surface area (TPSA) is 169 Å². The van der Waals surface area contributed by atoms with Crippen molar-refractivity contribution in [1.82, 2.24) is 5.32 Å². The number of nitrogens with one attached hydrogen (secondary N) is 1. The van der Waals surface area contributed by atoms with Gasteiger partial charge in [-0.25, -0.2) is 0 Å². The Balaban J connectivity index is 2.27. The minimum atomic E-state index is -1.51. The molecule has 8 atom stereocenters. The number of carbonyl (C=O) groups is 1. The average molecular weight is 872 g/mol. The molecule has 0 spiro atoms. The van der Waals surface area contributed by atoms with Crippen LogP contribution in [0.25, 0.3) is 0 Å². The maximum atomic E-state index is 13.0. The fraction of sp³-hybridized carbons (Fsp3) is 0.980. The van der Waals surface area contributed by atoms with Crippen LogP contribution in [-0.2, 0) is 14.3 Å². The Labute approximate surface area is 375 Å². The van der Waals surface area contributed by atoms with E-state index in [0.717, 1.165) is 38.5 Å². The fourth-order valence-corrected chi connectivity index (χ4v) is 8.84. The number of rotatable bonds is 45. The Bertz CT molecular complexity index is 942. The normalized spacial score (nSPS) is 20.8. The van der Waals surface area contributed by atoms with Crippen LogP contribution in [0, 0.1) is 0 Å². The lowest BCUT2D eigenvalue weighted by Crippen LogP contribution is -2.60. The molecule has 0 aromatic carbocycles. The molecule has 1 amide bonds. The molecule has 10 heteroatoms. The quantitative estimate of drug-likeness (QED) is 0.0295. The third-order valence-corrected chi connectivity index (χ3v) is 13.1. The first kappa shape index (κ1) is 58.2. The van der Waals surface area contributed by atoms with Crippen LogP contribution in [0.15, 0.2) is 0 Å². The highest BCUT2D eigenvalue weighted by atomic mass is 16.6. The lowest BCUT2D eigenvalue weighted by Gasteiger charge is -2.40. The lowest BCUT2D eigenvalue weighted by atomic mass is 9.95. The smallest absolute Gasteiger partial charge is 0.220 e. The van der Waals surface area contributed by atoms with Gasteiger partial charge in [-0.15, -0.1) is 0 Å². The van der Waals surface area contributed by atoms with Gasteiger partial charge in [0.15, 0.2) is 0 Å². The number of carbonyl (C=O) groups excluding carboxylic acids is 1. The number of unbranched alkanes of at least 4 members (excludes halogenated alkanes) is 33. The standard InChI is InChI=1S/C51H101NO9/c1-3-5-7-9-11-13-15-17-18-19-20-21-22-23-24-25-26-27-29-31-33-35-37-39-47(55)52-43(41-60-42-46-50(58)51(59)49(57)45(40-53)61-46)48(56)44(54)38-36-34-32-30-28-16-14-12-10-8-6-4-2/h43-46,48-51,53-54,56-59H,3-42H2,1-2H3,(H,52,55)/t43-,44+,45?,46?,48?,49?,50?,51?/m0/s1. The van der Waals surface area contributed by atoms with E-state index in [1.807, 2.05) is 0 Å². The zero-order valence-electron chi connectivity index (χ0n) is 39.8. The first-order valence-electron chi connectivity index (χ1n) is 26.3. The number of ether oxygens (including phenoxy) is 2. The van der Waals surface area contributed by atoms with Crippen molar-refractivity contribution in [2.24, 2.45) is 0 Å². The molecule has 1 fully saturated rings.